The number of carbonyl (C=O) groups excluding carboxylic acids is 1. The van der Waals surface area contributed by atoms with Gasteiger partial charge in [-0.3, -0.25) is 4.79 Å². The molecular formula is C16H18N2O5S. The van der Waals surface area contributed by atoms with Gasteiger partial charge >= 0.3 is 0 Å². The van der Waals surface area contributed by atoms with Gasteiger partial charge in [-0.15, -0.1) is 5.11 Å². The van der Waals surface area contributed by atoms with E-state index in [0.717, 1.165) is 6.26 Å². The van der Waals surface area contributed by atoms with Crippen molar-refractivity contribution in [1.82, 2.24) is 0 Å². The minimum absolute atomic E-state index is 0.0636. The average Bonchev–Trinajstić information content (AvgIpc) is 2.76. The van der Waals surface area contributed by atoms with Gasteiger partial charge in [0.2, 0.25) is 0 Å². The number of nitrogens with zero attached hydrogens (tertiary/aromatic N) is 2. The number of azo groups is 1. The number of aliphatic hydroxyl groups is 2. The quantitative estimate of drug-likeness (QED) is 0.811. The van der Waals surface area contributed by atoms with E-state index in [1.165, 1.54) is 24.3 Å². The zero-order chi connectivity index (χ0) is 17.5. The van der Waals surface area contributed by atoms with Gasteiger partial charge in [0.15, 0.2) is 21.3 Å². The average molecular weight is 350 g/mol. The van der Waals surface area contributed by atoms with Gasteiger partial charge in [-0.1, -0.05) is 0 Å². The van der Waals surface area contributed by atoms with Crippen molar-refractivity contribution >= 4 is 21.3 Å². The molecule has 0 spiro atoms. The molecule has 0 heterocycles. The number of ketones is 1. The molecule has 2 aliphatic carbocycles. The third-order valence-electron chi connectivity index (χ3n) is 4.52. The molecule has 3 unspecified atom stereocenters. The summed E-state index contributed by atoms with van der Waals surface area (Å²) in [6.45, 7) is 0. The Morgan fingerprint density at radius 3 is 2.38 bits per heavy atom. The lowest BCUT2D eigenvalue weighted by molar-refractivity contribution is -0.120. The smallest absolute Gasteiger partial charge is 0.190 e. The van der Waals surface area contributed by atoms with Crippen LogP contribution >= 0.6 is 0 Å². The number of sulfone groups is 1. The van der Waals surface area contributed by atoms with E-state index in [1.54, 1.807) is 0 Å². The number of carbonyl (C=O) groups is 1. The monoisotopic (exact) mass is 350 g/mol. The van der Waals surface area contributed by atoms with E-state index in [9.17, 15) is 23.4 Å². The van der Waals surface area contributed by atoms with Crippen LogP contribution in [0.4, 0.5) is 5.69 Å². The fourth-order valence-corrected chi connectivity index (χ4v) is 3.84. The highest BCUT2D eigenvalue weighted by Crippen LogP contribution is 2.43. The van der Waals surface area contributed by atoms with Crippen LogP contribution in [0.3, 0.4) is 0 Å². The largest absolute Gasteiger partial charge is 0.510 e. The van der Waals surface area contributed by atoms with Crippen LogP contribution < -0.4 is 0 Å². The molecule has 0 aliphatic heterocycles. The number of fused-ring (bicyclic) bond motifs is 1. The normalized spacial score (nSPS) is 27.8. The maximum Gasteiger partial charge on any atom is 0.190 e. The molecule has 24 heavy (non-hydrogen) atoms. The van der Waals surface area contributed by atoms with Gasteiger partial charge in [-0.05, 0) is 43.5 Å². The van der Waals surface area contributed by atoms with Crippen molar-refractivity contribution in [3.05, 3.63) is 35.7 Å². The minimum Gasteiger partial charge on any atom is -0.510 e. The van der Waals surface area contributed by atoms with Crippen LogP contribution in [0.5, 0.6) is 0 Å². The molecule has 7 nitrogen and oxygen atoms in total. The molecule has 0 bridgehead atoms. The van der Waals surface area contributed by atoms with Crippen LogP contribution in [0.1, 0.15) is 19.3 Å². The van der Waals surface area contributed by atoms with Crippen molar-refractivity contribution in [3.8, 4) is 0 Å². The zero-order valence-corrected chi connectivity index (χ0v) is 13.9. The molecule has 2 aliphatic rings. The summed E-state index contributed by atoms with van der Waals surface area (Å²) in [6.07, 6.45) is 2.01. The van der Waals surface area contributed by atoms with Crippen LogP contribution in [0.25, 0.3) is 0 Å². The second kappa shape index (κ2) is 6.10. The van der Waals surface area contributed by atoms with Crippen LogP contribution in [-0.2, 0) is 14.6 Å². The highest BCUT2D eigenvalue weighted by atomic mass is 32.2. The SMILES string of the molecule is CS(=O)(=O)c1ccc(N=NC2=C(O)C3CC(O)CCC3C2=O)cc1. The second-order valence-electron chi connectivity index (χ2n) is 6.24. The Balaban J connectivity index is 1.82. The van der Waals surface area contributed by atoms with Crippen molar-refractivity contribution in [2.24, 2.45) is 22.1 Å². The Labute approximate surface area is 139 Å². The summed E-state index contributed by atoms with van der Waals surface area (Å²) in [5.74, 6) is -1.08. The van der Waals surface area contributed by atoms with Crippen molar-refractivity contribution < 1.29 is 23.4 Å². The summed E-state index contributed by atoms with van der Waals surface area (Å²) >= 11 is 0. The predicted octanol–water partition coefficient (Wildman–Crippen LogP) is 2.30. The molecule has 8 heteroatoms. The van der Waals surface area contributed by atoms with E-state index >= 15 is 0 Å². The van der Waals surface area contributed by atoms with Gasteiger partial charge in [0, 0.05) is 18.1 Å². The van der Waals surface area contributed by atoms with Crippen LogP contribution in [0.2, 0.25) is 0 Å². The Morgan fingerprint density at radius 1 is 1.08 bits per heavy atom. The molecule has 2 N–H and O–H groups in total. The van der Waals surface area contributed by atoms with E-state index in [1.807, 2.05) is 0 Å². The van der Waals surface area contributed by atoms with E-state index in [2.05, 4.69) is 10.2 Å². The van der Waals surface area contributed by atoms with E-state index in [-0.39, 0.29) is 34.0 Å². The highest BCUT2D eigenvalue weighted by molar-refractivity contribution is 7.90. The number of hydrogen-bond acceptors (Lipinski definition) is 7. The number of benzene rings is 1. The van der Waals surface area contributed by atoms with Gasteiger partial charge in [0.05, 0.1) is 16.7 Å². The molecule has 0 aromatic heterocycles. The first kappa shape index (κ1) is 16.8. The van der Waals surface area contributed by atoms with Crippen molar-refractivity contribution in [2.45, 2.75) is 30.3 Å². The summed E-state index contributed by atoms with van der Waals surface area (Å²) in [5, 5.41) is 27.7. The predicted molar refractivity (Wildman–Crippen MR) is 85.6 cm³/mol. The van der Waals surface area contributed by atoms with E-state index in [0.29, 0.717) is 24.9 Å². The summed E-state index contributed by atoms with van der Waals surface area (Å²) in [5.41, 5.74) is 0.316. The Hall–Kier alpha value is -2.06. The van der Waals surface area contributed by atoms with Gasteiger partial charge < -0.3 is 10.2 Å². The minimum atomic E-state index is -3.29. The lowest BCUT2D eigenvalue weighted by atomic mass is 9.79. The molecule has 1 aromatic carbocycles. The Morgan fingerprint density at radius 2 is 1.75 bits per heavy atom. The number of aliphatic hydroxyl groups excluding tert-OH is 2. The van der Waals surface area contributed by atoms with Crippen LogP contribution in [0, 0.1) is 11.8 Å². The fraction of sp³-hybridized carbons (Fsp3) is 0.438. The standard InChI is InChI=1S/C16H18N2O5S/c1-24(22,23)11-5-2-9(3-6-11)17-18-14-15(20)12-7-4-10(19)8-13(12)16(14)21/h2-3,5-6,10,12-13,19,21H,4,7-8H2,1H3. The maximum absolute atomic E-state index is 12.3. The third kappa shape index (κ3) is 3.11. The summed E-state index contributed by atoms with van der Waals surface area (Å²) in [6, 6.07) is 5.77. The van der Waals surface area contributed by atoms with Crippen molar-refractivity contribution in [3.63, 3.8) is 0 Å². The Kier molecular flexibility index (Phi) is 4.27. The molecule has 1 aromatic rings. The molecule has 0 amide bonds. The first-order chi connectivity index (χ1) is 11.3. The highest BCUT2D eigenvalue weighted by Gasteiger charge is 2.45. The van der Waals surface area contributed by atoms with Gasteiger partial charge in [0.25, 0.3) is 0 Å². The molecule has 1 saturated carbocycles. The van der Waals surface area contributed by atoms with Gasteiger partial charge in [-0.2, -0.15) is 5.11 Å². The van der Waals surface area contributed by atoms with E-state index in [4.69, 9.17) is 0 Å². The molecule has 0 saturated heterocycles. The number of hydrogen-bond donors (Lipinski definition) is 2. The number of Topliss-reactive ketones (excluding diaryl/α,β-unsaturated/α-hetero) is 1. The summed E-state index contributed by atoms with van der Waals surface area (Å²) in [7, 11) is -3.29. The third-order valence-corrected chi connectivity index (χ3v) is 5.65. The second-order valence-corrected chi connectivity index (χ2v) is 8.26. The van der Waals surface area contributed by atoms with Gasteiger partial charge in [0.1, 0.15) is 5.76 Å². The molecule has 128 valence electrons. The van der Waals surface area contributed by atoms with Crippen LogP contribution in [-0.4, -0.2) is 36.8 Å². The molecule has 3 atom stereocenters. The Bertz CT molecular complexity index is 827. The molecule has 0 radical (unpaired) electrons. The molecule has 1 fully saturated rings. The van der Waals surface area contributed by atoms with Crippen LogP contribution in [0.15, 0.2) is 50.8 Å². The first-order valence-electron chi connectivity index (χ1n) is 7.64. The lowest BCUT2D eigenvalue weighted by Gasteiger charge is -2.27. The zero-order valence-electron chi connectivity index (χ0n) is 13.1. The first-order valence-corrected chi connectivity index (χ1v) is 9.54. The van der Waals surface area contributed by atoms with E-state index < -0.39 is 15.9 Å². The number of rotatable bonds is 3. The fourth-order valence-electron chi connectivity index (χ4n) is 3.21. The summed E-state index contributed by atoms with van der Waals surface area (Å²) in [4.78, 5) is 12.5. The topological polar surface area (TPSA) is 116 Å². The maximum atomic E-state index is 12.3. The lowest BCUT2D eigenvalue weighted by Crippen LogP contribution is -2.29. The number of allylic oxidation sites excluding steroid dienone is 2. The van der Waals surface area contributed by atoms with Crippen molar-refractivity contribution in [1.29, 1.82) is 0 Å². The van der Waals surface area contributed by atoms with Crippen molar-refractivity contribution in [2.75, 3.05) is 6.26 Å². The summed E-state index contributed by atoms with van der Waals surface area (Å²) < 4.78 is 22.8. The van der Waals surface area contributed by atoms with Gasteiger partial charge in [-0.25, -0.2) is 8.42 Å². The molecule has 3 rings (SSSR count). The molecular weight excluding hydrogens is 332 g/mol.